The summed E-state index contributed by atoms with van der Waals surface area (Å²) < 4.78 is 1.74. The third kappa shape index (κ3) is 1.79. The first-order valence-electron chi connectivity index (χ1n) is 6.82. The monoisotopic (exact) mass is 247 g/mol. The van der Waals surface area contributed by atoms with Gasteiger partial charge in [0.05, 0.1) is 11.3 Å². The van der Waals surface area contributed by atoms with Gasteiger partial charge in [0.15, 0.2) is 5.78 Å². The van der Waals surface area contributed by atoms with E-state index in [2.05, 4.69) is 17.0 Å². The molecule has 2 aliphatic rings. The van der Waals surface area contributed by atoms with E-state index in [1.165, 1.54) is 12.8 Å². The molecule has 2 bridgehead atoms. The molecule has 1 aromatic heterocycles. The lowest BCUT2D eigenvalue weighted by Gasteiger charge is -2.35. The van der Waals surface area contributed by atoms with Crippen LogP contribution >= 0.6 is 0 Å². The van der Waals surface area contributed by atoms with Crippen LogP contribution in [0.3, 0.4) is 0 Å². The third-order valence-electron chi connectivity index (χ3n) is 4.75. The molecule has 98 valence electrons. The van der Waals surface area contributed by atoms with Crippen LogP contribution in [0.5, 0.6) is 0 Å². The molecule has 2 aliphatic heterocycles. The molecular weight excluding hydrogens is 226 g/mol. The maximum atomic E-state index is 12.6. The first kappa shape index (κ1) is 11.9. The molecule has 2 unspecified atom stereocenters. The second kappa shape index (κ2) is 4.19. The van der Waals surface area contributed by atoms with Crippen molar-refractivity contribution in [1.29, 1.82) is 0 Å². The minimum Gasteiger partial charge on any atom is -0.300 e. The zero-order chi connectivity index (χ0) is 12.9. The molecule has 0 spiro atoms. The number of hydrogen-bond acceptors (Lipinski definition) is 3. The molecule has 3 rings (SSSR count). The molecule has 0 aromatic carbocycles. The quantitative estimate of drug-likeness (QED) is 0.748. The topological polar surface area (TPSA) is 38.1 Å². The lowest BCUT2D eigenvalue weighted by molar-refractivity contribution is 0.0766. The van der Waals surface area contributed by atoms with E-state index < -0.39 is 0 Å². The summed E-state index contributed by atoms with van der Waals surface area (Å²) in [5.74, 6) is 0.521. The van der Waals surface area contributed by atoms with E-state index in [4.69, 9.17) is 0 Å². The molecule has 2 fully saturated rings. The van der Waals surface area contributed by atoms with Crippen LogP contribution in [0.1, 0.15) is 41.7 Å². The number of fused-ring (bicyclic) bond motifs is 2. The number of nitrogens with zero attached hydrogens (tertiary/aromatic N) is 3. The number of aryl methyl sites for hydroxylation is 2. The van der Waals surface area contributed by atoms with Gasteiger partial charge in [-0.25, -0.2) is 0 Å². The van der Waals surface area contributed by atoms with Crippen LogP contribution < -0.4 is 0 Å². The van der Waals surface area contributed by atoms with Crippen molar-refractivity contribution >= 4 is 5.78 Å². The minimum absolute atomic E-state index is 0.210. The van der Waals surface area contributed by atoms with E-state index in [-0.39, 0.29) is 5.92 Å². The van der Waals surface area contributed by atoms with Crippen molar-refractivity contribution in [3.05, 3.63) is 17.5 Å². The van der Waals surface area contributed by atoms with Gasteiger partial charge in [0.2, 0.25) is 0 Å². The summed E-state index contributed by atoms with van der Waals surface area (Å²) in [5, 5.41) is 4.28. The van der Waals surface area contributed by atoms with Gasteiger partial charge >= 0.3 is 0 Å². The Bertz CT molecular complexity index is 465. The van der Waals surface area contributed by atoms with Crippen molar-refractivity contribution in [2.75, 3.05) is 7.05 Å². The maximum absolute atomic E-state index is 12.6. The highest BCUT2D eigenvalue weighted by atomic mass is 16.1. The Morgan fingerprint density at radius 3 is 2.39 bits per heavy atom. The Balaban J connectivity index is 1.80. The van der Waals surface area contributed by atoms with Gasteiger partial charge in [-0.1, -0.05) is 0 Å². The summed E-state index contributed by atoms with van der Waals surface area (Å²) in [6.07, 6.45) is 6.45. The van der Waals surface area contributed by atoms with Gasteiger partial charge < -0.3 is 4.90 Å². The van der Waals surface area contributed by atoms with Crippen LogP contribution in [0.4, 0.5) is 0 Å². The van der Waals surface area contributed by atoms with Crippen molar-refractivity contribution in [2.24, 2.45) is 13.0 Å². The molecule has 0 saturated carbocycles. The molecule has 4 nitrogen and oxygen atoms in total. The molecule has 0 N–H and O–H groups in total. The summed E-state index contributed by atoms with van der Waals surface area (Å²) in [7, 11) is 4.08. The van der Waals surface area contributed by atoms with Crippen LogP contribution in [-0.4, -0.2) is 39.6 Å². The summed E-state index contributed by atoms with van der Waals surface area (Å²) in [4.78, 5) is 15.1. The number of Topliss-reactive ketones (excluding diaryl/α,β-unsaturated/α-hetero) is 1. The lowest BCUT2D eigenvalue weighted by atomic mass is 9.85. The average molecular weight is 247 g/mol. The third-order valence-corrected chi connectivity index (χ3v) is 4.75. The highest BCUT2D eigenvalue weighted by Gasteiger charge is 2.41. The minimum atomic E-state index is 0.210. The fraction of sp³-hybridized carbons (Fsp3) is 0.714. The van der Waals surface area contributed by atoms with Crippen molar-refractivity contribution in [1.82, 2.24) is 14.7 Å². The van der Waals surface area contributed by atoms with Gasteiger partial charge in [0.1, 0.15) is 0 Å². The summed E-state index contributed by atoms with van der Waals surface area (Å²) >= 11 is 0. The predicted molar refractivity (Wildman–Crippen MR) is 69.6 cm³/mol. The fourth-order valence-corrected chi connectivity index (χ4v) is 3.69. The summed E-state index contributed by atoms with van der Waals surface area (Å²) in [6.45, 7) is 1.93. The molecular formula is C14H21N3O. The first-order valence-corrected chi connectivity index (χ1v) is 6.82. The van der Waals surface area contributed by atoms with Crippen molar-refractivity contribution in [3.8, 4) is 0 Å². The largest absolute Gasteiger partial charge is 0.300 e. The zero-order valence-corrected chi connectivity index (χ0v) is 11.4. The van der Waals surface area contributed by atoms with Gasteiger partial charge in [-0.05, 0) is 39.7 Å². The molecule has 18 heavy (non-hydrogen) atoms. The van der Waals surface area contributed by atoms with Gasteiger partial charge in [0.25, 0.3) is 0 Å². The molecule has 3 heterocycles. The number of rotatable bonds is 2. The normalized spacial score (nSPS) is 31.8. The molecule has 4 heteroatoms. The number of hydrogen-bond donors (Lipinski definition) is 0. The molecule has 0 aliphatic carbocycles. The molecule has 2 atom stereocenters. The summed E-state index contributed by atoms with van der Waals surface area (Å²) in [6, 6.07) is 1.24. The van der Waals surface area contributed by atoms with E-state index in [9.17, 15) is 4.79 Å². The van der Waals surface area contributed by atoms with Crippen LogP contribution in [0.25, 0.3) is 0 Å². The van der Waals surface area contributed by atoms with Gasteiger partial charge in [-0.3, -0.25) is 9.48 Å². The standard InChI is InChI=1S/C14H21N3O/c1-9-13(8-16(2)15-9)14(18)10-6-11-4-5-12(7-10)17(11)3/h8,10-12H,4-7H2,1-3H3. The van der Waals surface area contributed by atoms with Crippen molar-refractivity contribution in [2.45, 2.75) is 44.7 Å². The number of carbonyl (C=O) groups excluding carboxylic acids is 1. The van der Waals surface area contributed by atoms with E-state index in [0.29, 0.717) is 17.9 Å². The number of aromatic nitrogens is 2. The second-order valence-corrected chi connectivity index (χ2v) is 5.88. The first-order chi connectivity index (χ1) is 8.56. The van der Waals surface area contributed by atoms with E-state index in [0.717, 1.165) is 24.1 Å². The Morgan fingerprint density at radius 1 is 1.28 bits per heavy atom. The van der Waals surface area contributed by atoms with E-state index in [1.807, 2.05) is 20.2 Å². The molecule has 2 saturated heterocycles. The number of piperidine rings is 1. The van der Waals surface area contributed by atoms with Crippen molar-refractivity contribution in [3.63, 3.8) is 0 Å². The highest BCUT2D eigenvalue weighted by molar-refractivity contribution is 5.98. The zero-order valence-electron chi connectivity index (χ0n) is 11.4. The fourth-order valence-electron chi connectivity index (χ4n) is 3.69. The molecule has 0 amide bonds. The maximum Gasteiger partial charge on any atom is 0.169 e. The highest BCUT2D eigenvalue weighted by Crippen LogP contribution is 2.38. The smallest absolute Gasteiger partial charge is 0.169 e. The van der Waals surface area contributed by atoms with Gasteiger partial charge in [-0.15, -0.1) is 0 Å². The summed E-state index contributed by atoms with van der Waals surface area (Å²) in [5.41, 5.74) is 1.69. The molecule has 0 radical (unpaired) electrons. The van der Waals surface area contributed by atoms with E-state index >= 15 is 0 Å². The average Bonchev–Trinajstić information content (AvgIpc) is 2.75. The number of carbonyl (C=O) groups is 1. The second-order valence-electron chi connectivity index (χ2n) is 5.88. The van der Waals surface area contributed by atoms with Crippen LogP contribution in [0.15, 0.2) is 6.20 Å². The van der Waals surface area contributed by atoms with Crippen molar-refractivity contribution < 1.29 is 4.79 Å². The SMILES string of the molecule is Cc1nn(C)cc1C(=O)C1CC2CCC(C1)N2C. The van der Waals surface area contributed by atoms with E-state index in [1.54, 1.807) is 4.68 Å². The van der Waals surface area contributed by atoms with Gasteiger partial charge in [0, 0.05) is 31.2 Å². The van der Waals surface area contributed by atoms with Crippen LogP contribution in [0, 0.1) is 12.8 Å². The molecule has 1 aromatic rings. The lowest BCUT2D eigenvalue weighted by Crippen LogP contribution is -2.42. The van der Waals surface area contributed by atoms with Crippen LogP contribution in [0.2, 0.25) is 0 Å². The Morgan fingerprint density at radius 2 is 1.89 bits per heavy atom. The Kier molecular flexibility index (Phi) is 2.77. The number of ketones is 1. The van der Waals surface area contributed by atoms with Crippen LogP contribution in [-0.2, 0) is 7.05 Å². The Labute approximate surface area is 108 Å². The van der Waals surface area contributed by atoms with Gasteiger partial charge in [-0.2, -0.15) is 5.10 Å². The Hall–Kier alpha value is -1.16. The predicted octanol–water partition coefficient (Wildman–Crippen LogP) is 1.78.